The molecule has 1 aliphatic rings. The molecule has 0 aliphatic heterocycles. The van der Waals surface area contributed by atoms with E-state index in [1.54, 1.807) is 11.8 Å². The predicted octanol–water partition coefficient (Wildman–Crippen LogP) is 4.21. The van der Waals surface area contributed by atoms with Gasteiger partial charge < -0.3 is 5.32 Å². The molecule has 1 heterocycles. The average Bonchev–Trinajstić information content (AvgIpc) is 3.00. The molecule has 1 aromatic carbocycles. The molecule has 0 atom stereocenters. The summed E-state index contributed by atoms with van der Waals surface area (Å²) < 4.78 is 2.10. The minimum atomic E-state index is 0.189. The normalized spacial score (nSPS) is 15.2. The van der Waals surface area contributed by atoms with Gasteiger partial charge in [-0.15, -0.1) is 10.2 Å². The van der Waals surface area contributed by atoms with Crippen LogP contribution in [0.3, 0.4) is 0 Å². The second-order valence-corrected chi connectivity index (χ2v) is 8.07. The van der Waals surface area contributed by atoms with Gasteiger partial charge in [-0.05, 0) is 44.7 Å². The zero-order valence-corrected chi connectivity index (χ0v) is 16.5. The Morgan fingerprint density at radius 1 is 1.19 bits per heavy atom. The molecule has 6 heteroatoms. The van der Waals surface area contributed by atoms with Crippen LogP contribution in [0.25, 0.3) is 5.69 Å². The van der Waals surface area contributed by atoms with Crippen molar-refractivity contribution in [3.8, 4) is 5.69 Å². The minimum absolute atomic E-state index is 0.189. The van der Waals surface area contributed by atoms with Gasteiger partial charge in [-0.2, -0.15) is 0 Å². The fourth-order valence-corrected chi connectivity index (χ4v) is 4.40. The zero-order valence-electron chi connectivity index (χ0n) is 15.7. The Hall–Kier alpha value is -1.82. The lowest BCUT2D eigenvalue weighted by molar-refractivity contribution is -0.122. The van der Waals surface area contributed by atoms with E-state index in [2.05, 4.69) is 39.1 Å². The van der Waals surface area contributed by atoms with Crippen LogP contribution in [0.5, 0.6) is 0 Å². The topological polar surface area (TPSA) is 59.8 Å². The molecular weight excluding hydrogens is 344 g/mol. The molecule has 1 N–H and O–H groups in total. The summed E-state index contributed by atoms with van der Waals surface area (Å²) in [5.41, 5.74) is 2.32. The first kappa shape index (κ1) is 19.0. The fourth-order valence-electron chi connectivity index (χ4n) is 3.47. The highest BCUT2D eigenvalue weighted by molar-refractivity contribution is 7.99. The Labute approximate surface area is 160 Å². The van der Waals surface area contributed by atoms with Crippen LogP contribution in [0.4, 0.5) is 0 Å². The van der Waals surface area contributed by atoms with E-state index in [1.807, 2.05) is 19.1 Å². The number of hydrogen-bond donors (Lipinski definition) is 1. The molecule has 1 fully saturated rings. The first-order valence-electron chi connectivity index (χ1n) is 9.55. The summed E-state index contributed by atoms with van der Waals surface area (Å²) in [6, 6.07) is 8.66. The molecule has 3 rings (SSSR count). The maximum absolute atomic E-state index is 12.1. The molecule has 1 aliphatic carbocycles. The summed E-state index contributed by atoms with van der Waals surface area (Å²) in [5, 5.41) is 12.6. The summed E-state index contributed by atoms with van der Waals surface area (Å²) in [4.78, 5) is 12.1. The lowest BCUT2D eigenvalue weighted by Crippen LogP contribution is -2.36. The molecule has 1 aromatic heterocycles. The van der Waals surface area contributed by atoms with Crippen molar-refractivity contribution in [1.29, 1.82) is 0 Å². The minimum Gasteiger partial charge on any atom is -0.353 e. The Bertz CT molecular complexity index is 737. The number of rotatable bonds is 7. The highest BCUT2D eigenvalue weighted by atomic mass is 32.2. The maximum atomic E-state index is 12.1. The molecule has 2 aromatic rings. The third kappa shape index (κ3) is 4.87. The number of amides is 1. The molecule has 0 radical (unpaired) electrons. The Morgan fingerprint density at radius 3 is 2.73 bits per heavy atom. The van der Waals surface area contributed by atoms with Crippen molar-refractivity contribution in [2.75, 3.05) is 5.75 Å². The van der Waals surface area contributed by atoms with Gasteiger partial charge in [0.2, 0.25) is 5.91 Å². The second-order valence-electron chi connectivity index (χ2n) is 7.01. The van der Waals surface area contributed by atoms with Gasteiger partial charge in [0.25, 0.3) is 0 Å². The van der Waals surface area contributed by atoms with E-state index in [0.29, 0.717) is 12.5 Å². The Kier molecular flexibility index (Phi) is 6.72. The van der Waals surface area contributed by atoms with Crippen molar-refractivity contribution in [2.45, 2.75) is 70.0 Å². The van der Waals surface area contributed by atoms with E-state index >= 15 is 0 Å². The Balaban J connectivity index is 1.50. The largest absolute Gasteiger partial charge is 0.353 e. The number of hydrogen-bond acceptors (Lipinski definition) is 4. The number of nitrogens with zero attached hydrogens (tertiary/aromatic N) is 3. The second kappa shape index (κ2) is 9.21. The highest BCUT2D eigenvalue weighted by Crippen LogP contribution is 2.24. The van der Waals surface area contributed by atoms with E-state index in [9.17, 15) is 4.79 Å². The van der Waals surface area contributed by atoms with E-state index in [0.717, 1.165) is 41.7 Å². The van der Waals surface area contributed by atoms with Crippen LogP contribution in [0.1, 0.15) is 56.3 Å². The lowest BCUT2D eigenvalue weighted by atomic mass is 9.95. The van der Waals surface area contributed by atoms with E-state index < -0.39 is 0 Å². The van der Waals surface area contributed by atoms with Crippen molar-refractivity contribution in [3.63, 3.8) is 0 Å². The number of carbonyl (C=O) groups is 1. The van der Waals surface area contributed by atoms with Gasteiger partial charge in [-0.1, -0.05) is 49.2 Å². The number of aryl methyl sites for hydroxylation is 2. The summed E-state index contributed by atoms with van der Waals surface area (Å²) >= 11 is 1.67. The quantitative estimate of drug-likeness (QED) is 0.584. The van der Waals surface area contributed by atoms with Crippen molar-refractivity contribution < 1.29 is 4.79 Å². The third-order valence-corrected chi connectivity index (χ3v) is 5.92. The van der Waals surface area contributed by atoms with Crippen LogP contribution in [0, 0.1) is 13.8 Å². The third-order valence-electron chi connectivity index (χ3n) is 4.90. The van der Waals surface area contributed by atoms with Crippen molar-refractivity contribution in [2.24, 2.45) is 0 Å². The first-order chi connectivity index (χ1) is 12.6. The van der Waals surface area contributed by atoms with Crippen LogP contribution in [0.2, 0.25) is 0 Å². The van der Waals surface area contributed by atoms with Crippen LogP contribution < -0.4 is 5.32 Å². The summed E-state index contributed by atoms with van der Waals surface area (Å²) in [5.74, 6) is 1.94. The lowest BCUT2D eigenvalue weighted by Gasteiger charge is -2.22. The molecule has 0 spiro atoms. The zero-order chi connectivity index (χ0) is 18.4. The molecular formula is C20H28N4OS. The average molecular weight is 373 g/mol. The van der Waals surface area contributed by atoms with Crippen LogP contribution in [-0.2, 0) is 4.79 Å². The molecule has 0 bridgehead atoms. The predicted molar refractivity (Wildman–Crippen MR) is 106 cm³/mol. The molecule has 1 saturated carbocycles. The monoisotopic (exact) mass is 372 g/mol. The molecule has 1 amide bonds. The van der Waals surface area contributed by atoms with Crippen LogP contribution in [-0.4, -0.2) is 32.5 Å². The van der Waals surface area contributed by atoms with E-state index in [-0.39, 0.29) is 5.91 Å². The summed E-state index contributed by atoms with van der Waals surface area (Å²) in [6.07, 6.45) is 7.51. The first-order valence-corrected chi connectivity index (χ1v) is 10.5. The van der Waals surface area contributed by atoms with Crippen molar-refractivity contribution >= 4 is 17.7 Å². The number of benzene rings is 1. The van der Waals surface area contributed by atoms with Gasteiger partial charge in [0.1, 0.15) is 5.82 Å². The summed E-state index contributed by atoms with van der Waals surface area (Å²) in [6.45, 7) is 4.07. The molecule has 140 valence electrons. The molecule has 5 nitrogen and oxygen atoms in total. The van der Waals surface area contributed by atoms with Gasteiger partial charge in [0.15, 0.2) is 5.16 Å². The molecule has 0 unspecified atom stereocenters. The van der Waals surface area contributed by atoms with Gasteiger partial charge in [0.05, 0.1) is 5.69 Å². The number of thioether (sulfide) groups is 1. The SMILES string of the molecule is Cc1ccccc1-n1c(C)nnc1SCCCC(=O)NC1CCCCC1. The fraction of sp³-hybridized carbons (Fsp3) is 0.550. The van der Waals surface area contributed by atoms with Crippen molar-refractivity contribution in [3.05, 3.63) is 35.7 Å². The number of carbonyl (C=O) groups excluding carboxylic acids is 1. The number of aromatic nitrogens is 3. The van der Waals surface area contributed by atoms with E-state index in [1.165, 1.54) is 24.8 Å². The number of nitrogens with one attached hydrogen (secondary N) is 1. The number of para-hydroxylation sites is 1. The van der Waals surface area contributed by atoms with Crippen molar-refractivity contribution in [1.82, 2.24) is 20.1 Å². The van der Waals surface area contributed by atoms with Gasteiger partial charge in [0, 0.05) is 18.2 Å². The van der Waals surface area contributed by atoms with Gasteiger partial charge in [-0.3, -0.25) is 9.36 Å². The molecule has 26 heavy (non-hydrogen) atoms. The van der Waals surface area contributed by atoms with Gasteiger partial charge in [-0.25, -0.2) is 0 Å². The Morgan fingerprint density at radius 2 is 1.96 bits per heavy atom. The standard InChI is InChI=1S/C20H28N4OS/c1-15-9-6-7-12-18(15)24-16(2)22-23-20(24)26-14-8-13-19(25)21-17-10-4-3-5-11-17/h6-7,9,12,17H,3-5,8,10-11,13-14H2,1-2H3,(H,21,25). The maximum Gasteiger partial charge on any atom is 0.220 e. The van der Waals surface area contributed by atoms with E-state index in [4.69, 9.17) is 0 Å². The summed E-state index contributed by atoms with van der Waals surface area (Å²) in [7, 11) is 0. The van der Waals surface area contributed by atoms with Crippen LogP contribution >= 0.6 is 11.8 Å². The molecule has 0 saturated heterocycles. The van der Waals surface area contributed by atoms with Crippen LogP contribution in [0.15, 0.2) is 29.4 Å². The van der Waals surface area contributed by atoms with Gasteiger partial charge >= 0.3 is 0 Å². The smallest absolute Gasteiger partial charge is 0.220 e. The highest BCUT2D eigenvalue weighted by Gasteiger charge is 2.16.